The predicted octanol–water partition coefficient (Wildman–Crippen LogP) is 8.29. The molecule has 186 valence electrons. The number of hydrogen-bond acceptors (Lipinski definition) is 2. The number of ether oxygens (including phenoxy) is 2. The van der Waals surface area contributed by atoms with Gasteiger partial charge in [-0.3, -0.25) is 0 Å². The van der Waals surface area contributed by atoms with E-state index in [2.05, 4.69) is 6.92 Å². The van der Waals surface area contributed by atoms with Crippen molar-refractivity contribution in [2.75, 3.05) is 6.61 Å². The van der Waals surface area contributed by atoms with Gasteiger partial charge in [-0.05, 0) is 71.7 Å². The maximum Gasteiger partial charge on any atom is 0.194 e. The summed E-state index contributed by atoms with van der Waals surface area (Å²) in [5, 5.41) is 0. The molecule has 0 bridgehead atoms. The first-order chi connectivity index (χ1) is 16.9. The van der Waals surface area contributed by atoms with E-state index in [-0.39, 0.29) is 11.7 Å². The molecule has 35 heavy (non-hydrogen) atoms. The lowest BCUT2D eigenvalue weighted by atomic mass is 9.91. The van der Waals surface area contributed by atoms with E-state index in [1.54, 1.807) is 12.1 Å². The molecule has 0 radical (unpaired) electrons. The number of halogens is 5. The van der Waals surface area contributed by atoms with Gasteiger partial charge in [0.1, 0.15) is 6.61 Å². The van der Waals surface area contributed by atoms with Crippen molar-refractivity contribution in [1.29, 1.82) is 0 Å². The van der Waals surface area contributed by atoms with Crippen molar-refractivity contribution in [3.05, 3.63) is 88.7 Å². The number of benzene rings is 3. The van der Waals surface area contributed by atoms with Gasteiger partial charge in [0.25, 0.3) is 0 Å². The Labute approximate surface area is 201 Å². The Balaban J connectivity index is 1.42. The maximum atomic E-state index is 14.6. The van der Waals surface area contributed by atoms with Gasteiger partial charge in [0, 0.05) is 0 Å². The van der Waals surface area contributed by atoms with Crippen LogP contribution in [0.1, 0.15) is 56.3 Å². The molecule has 1 heterocycles. The van der Waals surface area contributed by atoms with Crippen molar-refractivity contribution < 1.29 is 31.4 Å². The highest BCUT2D eigenvalue weighted by Gasteiger charge is 2.23. The van der Waals surface area contributed by atoms with Gasteiger partial charge in [-0.25, -0.2) is 22.0 Å². The average Bonchev–Trinajstić information content (AvgIpc) is 2.86. The summed E-state index contributed by atoms with van der Waals surface area (Å²) in [6.07, 6.45) is 5.69. The minimum Gasteiger partial charge on any atom is -0.483 e. The third kappa shape index (κ3) is 6.01. The summed E-state index contributed by atoms with van der Waals surface area (Å²) >= 11 is 0. The SMILES string of the molecule is CCCCC1CCC(c2ccc(-c3cc(F)c(OCc4cc(F)c(F)c(F)c4)c(F)c3)cc2)OC1. The lowest BCUT2D eigenvalue weighted by molar-refractivity contribution is -0.0197. The lowest BCUT2D eigenvalue weighted by Gasteiger charge is -2.29. The summed E-state index contributed by atoms with van der Waals surface area (Å²) < 4.78 is 80.2. The molecule has 1 fully saturated rings. The van der Waals surface area contributed by atoms with Crippen LogP contribution in [-0.4, -0.2) is 6.61 Å². The Hall–Kier alpha value is -2.93. The standard InChI is InChI=1S/C28H27F5O2/c1-2-3-4-17-5-10-26(34-15-17)20-8-6-19(7-9-20)21-13-24(31)28(25(32)14-21)35-16-18-11-22(29)27(33)23(30)12-18/h6-9,11-14,17,26H,2-5,10,15-16H2,1H3. The molecule has 1 aliphatic heterocycles. The van der Waals surface area contributed by atoms with E-state index in [1.807, 2.05) is 12.1 Å². The molecule has 4 rings (SSSR count). The third-order valence-electron chi connectivity index (χ3n) is 6.38. The fourth-order valence-electron chi connectivity index (χ4n) is 4.39. The first-order valence-electron chi connectivity index (χ1n) is 11.8. The molecule has 3 aromatic rings. The van der Waals surface area contributed by atoms with Gasteiger partial charge in [0.2, 0.25) is 0 Å². The molecule has 0 aromatic heterocycles. The van der Waals surface area contributed by atoms with Gasteiger partial charge in [0.15, 0.2) is 34.8 Å². The fraction of sp³-hybridized carbons (Fsp3) is 0.357. The van der Waals surface area contributed by atoms with Crippen LogP contribution in [0.4, 0.5) is 22.0 Å². The summed E-state index contributed by atoms with van der Waals surface area (Å²) in [4.78, 5) is 0. The second kappa shape index (κ2) is 11.2. The second-order valence-electron chi connectivity index (χ2n) is 8.96. The first kappa shape index (κ1) is 25.2. The molecule has 1 aliphatic rings. The zero-order valence-electron chi connectivity index (χ0n) is 19.4. The summed E-state index contributed by atoms with van der Waals surface area (Å²) in [6.45, 7) is 2.41. The van der Waals surface area contributed by atoms with E-state index in [4.69, 9.17) is 9.47 Å². The van der Waals surface area contributed by atoms with Crippen LogP contribution < -0.4 is 4.74 Å². The zero-order valence-corrected chi connectivity index (χ0v) is 19.4. The molecule has 3 aromatic carbocycles. The van der Waals surface area contributed by atoms with Crippen LogP contribution in [0.15, 0.2) is 48.5 Å². The first-order valence-corrected chi connectivity index (χ1v) is 11.8. The van der Waals surface area contributed by atoms with Gasteiger partial charge in [0.05, 0.1) is 12.7 Å². The second-order valence-corrected chi connectivity index (χ2v) is 8.96. The molecule has 2 atom stereocenters. The van der Waals surface area contributed by atoms with Crippen LogP contribution in [0.3, 0.4) is 0 Å². The van der Waals surface area contributed by atoms with E-state index in [0.717, 1.165) is 37.1 Å². The Morgan fingerprint density at radius 3 is 2.06 bits per heavy atom. The smallest absolute Gasteiger partial charge is 0.194 e. The van der Waals surface area contributed by atoms with Crippen LogP contribution in [0.2, 0.25) is 0 Å². The monoisotopic (exact) mass is 490 g/mol. The highest BCUT2D eigenvalue weighted by molar-refractivity contribution is 5.65. The van der Waals surface area contributed by atoms with Crippen molar-refractivity contribution in [3.63, 3.8) is 0 Å². The van der Waals surface area contributed by atoms with Gasteiger partial charge in [-0.15, -0.1) is 0 Å². The van der Waals surface area contributed by atoms with Gasteiger partial charge >= 0.3 is 0 Å². The van der Waals surface area contributed by atoms with Crippen LogP contribution in [0, 0.1) is 35.0 Å². The molecule has 1 saturated heterocycles. The van der Waals surface area contributed by atoms with E-state index in [9.17, 15) is 22.0 Å². The molecule has 0 amide bonds. The van der Waals surface area contributed by atoms with Crippen LogP contribution in [-0.2, 0) is 11.3 Å². The van der Waals surface area contributed by atoms with E-state index in [1.165, 1.54) is 19.3 Å². The molecule has 0 saturated carbocycles. The number of hydrogen-bond donors (Lipinski definition) is 0. The summed E-state index contributed by atoms with van der Waals surface area (Å²) in [6, 6.07) is 11.1. The molecule has 0 aliphatic carbocycles. The highest BCUT2D eigenvalue weighted by atomic mass is 19.2. The molecule has 2 unspecified atom stereocenters. The topological polar surface area (TPSA) is 18.5 Å². The van der Waals surface area contributed by atoms with Crippen LogP contribution >= 0.6 is 0 Å². The van der Waals surface area contributed by atoms with Crippen LogP contribution in [0.25, 0.3) is 11.1 Å². The Morgan fingerprint density at radius 2 is 1.49 bits per heavy atom. The minimum absolute atomic E-state index is 0.0207. The molecule has 2 nitrogen and oxygen atoms in total. The Morgan fingerprint density at radius 1 is 0.829 bits per heavy atom. The van der Waals surface area contributed by atoms with Crippen molar-refractivity contribution in [1.82, 2.24) is 0 Å². The predicted molar refractivity (Wildman–Crippen MR) is 123 cm³/mol. The summed E-state index contributed by atoms with van der Waals surface area (Å²) in [7, 11) is 0. The van der Waals surface area contributed by atoms with E-state index >= 15 is 0 Å². The highest BCUT2D eigenvalue weighted by Crippen LogP contribution is 2.35. The molecule has 0 spiro atoms. The van der Waals surface area contributed by atoms with E-state index in [0.29, 0.717) is 29.2 Å². The largest absolute Gasteiger partial charge is 0.483 e. The van der Waals surface area contributed by atoms with Gasteiger partial charge in [-0.2, -0.15) is 0 Å². The molecule has 0 N–H and O–H groups in total. The number of rotatable bonds is 8. The average molecular weight is 491 g/mol. The normalized spacial score (nSPS) is 18.0. The minimum atomic E-state index is -1.62. The van der Waals surface area contributed by atoms with Crippen LogP contribution in [0.5, 0.6) is 5.75 Å². The third-order valence-corrected chi connectivity index (χ3v) is 6.38. The Bertz CT molecular complexity index is 1110. The maximum absolute atomic E-state index is 14.6. The fourth-order valence-corrected chi connectivity index (χ4v) is 4.39. The van der Waals surface area contributed by atoms with E-state index < -0.39 is 41.4 Å². The quantitative estimate of drug-likeness (QED) is 0.234. The van der Waals surface area contributed by atoms with Crippen molar-refractivity contribution in [2.45, 2.75) is 51.7 Å². The van der Waals surface area contributed by atoms with Crippen molar-refractivity contribution >= 4 is 0 Å². The lowest BCUT2D eigenvalue weighted by Crippen LogP contribution is -2.20. The molecule has 7 heteroatoms. The van der Waals surface area contributed by atoms with Gasteiger partial charge < -0.3 is 9.47 Å². The molecular formula is C28H27F5O2. The van der Waals surface area contributed by atoms with Gasteiger partial charge in [-0.1, -0.05) is 44.0 Å². The zero-order chi connectivity index (χ0) is 24.9. The Kier molecular flexibility index (Phi) is 8.06. The van der Waals surface area contributed by atoms with Crippen molar-refractivity contribution in [3.8, 4) is 16.9 Å². The van der Waals surface area contributed by atoms with Crippen molar-refractivity contribution in [2.24, 2.45) is 5.92 Å². The summed E-state index contributed by atoms with van der Waals surface area (Å²) in [5.74, 6) is -6.41. The number of unbranched alkanes of at least 4 members (excludes halogenated alkanes) is 1. The molecular weight excluding hydrogens is 463 g/mol. The summed E-state index contributed by atoms with van der Waals surface area (Å²) in [5.41, 5.74) is 1.88.